The summed E-state index contributed by atoms with van der Waals surface area (Å²) >= 11 is 1.66. The van der Waals surface area contributed by atoms with E-state index >= 15 is 0 Å². The number of aromatic nitrogens is 2. The van der Waals surface area contributed by atoms with E-state index in [1.165, 1.54) is 0 Å². The van der Waals surface area contributed by atoms with Crippen LogP contribution in [0.4, 0.5) is 5.95 Å². The first-order chi connectivity index (χ1) is 6.69. The second-order valence-corrected chi connectivity index (χ2v) is 4.33. The first-order valence-corrected chi connectivity index (χ1v) is 5.85. The molecule has 0 aliphatic heterocycles. The van der Waals surface area contributed by atoms with Crippen molar-refractivity contribution >= 4 is 17.7 Å². The zero-order chi connectivity index (χ0) is 10.6. The van der Waals surface area contributed by atoms with Crippen LogP contribution in [0.3, 0.4) is 0 Å². The zero-order valence-electron chi connectivity index (χ0n) is 8.77. The number of thioether (sulfide) groups is 1. The second-order valence-electron chi connectivity index (χ2n) is 3.25. The van der Waals surface area contributed by atoms with E-state index in [-0.39, 0.29) is 17.9 Å². The molecule has 0 radical (unpaired) electrons. The maximum Gasteiger partial charge on any atom is 0.202 e. The fraction of sp³-hybridized carbons (Fsp3) is 0.667. The van der Waals surface area contributed by atoms with Crippen LogP contribution in [0.2, 0.25) is 0 Å². The zero-order valence-corrected chi connectivity index (χ0v) is 9.58. The van der Waals surface area contributed by atoms with E-state index < -0.39 is 0 Å². The van der Waals surface area contributed by atoms with Gasteiger partial charge >= 0.3 is 0 Å². The molecule has 0 amide bonds. The highest BCUT2D eigenvalue weighted by Gasteiger charge is 2.15. The van der Waals surface area contributed by atoms with Gasteiger partial charge in [0.25, 0.3) is 0 Å². The molecule has 0 aliphatic rings. The van der Waals surface area contributed by atoms with E-state index in [9.17, 15) is 0 Å². The number of nitrogens with one attached hydrogen (secondary N) is 1. The first kappa shape index (κ1) is 11.4. The Morgan fingerprint density at radius 3 is 2.86 bits per heavy atom. The normalized spacial score (nSPS) is 15.1. The minimum absolute atomic E-state index is 0.180. The molecule has 2 N–H and O–H groups in total. The average molecular weight is 215 g/mol. The van der Waals surface area contributed by atoms with E-state index in [1.54, 1.807) is 18.0 Å². The number of anilines is 1. The molecule has 1 aromatic rings. The van der Waals surface area contributed by atoms with E-state index in [0.29, 0.717) is 0 Å². The monoisotopic (exact) mass is 215 g/mol. The molecule has 4 nitrogen and oxygen atoms in total. The molecule has 2 unspecified atom stereocenters. The van der Waals surface area contributed by atoms with Gasteiger partial charge in [0.2, 0.25) is 5.95 Å². The maximum absolute atomic E-state index is 9.11. The van der Waals surface area contributed by atoms with Gasteiger partial charge in [-0.25, -0.2) is 4.98 Å². The lowest BCUT2D eigenvalue weighted by atomic mass is 10.2. The summed E-state index contributed by atoms with van der Waals surface area (Å²) in [5, 5.41) is 12.6. The lowest BCUT2D eigenvalue weighted by Crippen LogP contribution is -2.31. The summed E-state index contributed by atoms with van der Waals surface area (Å²) in [6.07, 6.45) is 5.64. The number of aryl methyl sites for hydroxylation is 1. The van der Waals surface area contributed by atoms with Crippen molar-refractivity contribution in [1.29, 1.82) is 0 Å². The van der Waals surface area contributed by atoms with Gasteiger partial charge in [-0.2, -0.15) is 11.8 Å². The molecule has 0 aromatic carbocycles. The predicted octanol–water partition coefficient (Wildman–Crippen LogP) is 0.944. The Kier molecular flexibility index (Phi) is 4.28. The SMILES string of the molecule is CSC(CO)C(C)Nc1nccn1C. The highest BCUT2D eigenvalue weighted by atomic mass is 32.2. The predicted molar refractivity (Wildman–Crippen MR) is 60.7 cm³/mol. The van der Waals surface area contributed by atoms with Crippen molar-refractivity contribution in [2.45, 2.75) is 18.2 Å². The number of aliphatic hydroxyl groups is 1. The molecule has 1 rings (SSSR count). The lowest BCUT2D eigenvalue weighted by molar-refractivity contribution is 0.288. The van der Waals surface area contributed by atoms with Crippen LogP contribution in [-0.2, 0) is 7.05 Å². The summed E-state index contributed by atoms with van der Waals surface area (Å²) in [6, 6.07) is 0.205. The van der Waals surface area contributed by atoms with E-state index in [4.69, 9.17) is 5.11 Å². The topological polar surface area (TPSA) is 50.1 Å². The standard InChI is InChI=1S/C9H17N3OS/c1-7(8(6-13)14-3)11-9-10-4-5-12(9)2/h4-5,7-8,13H,6H2,1-3H3,(H,10,11). The molecule has 80 valence electrons. The molecule has 0 spiro atoms. The Morgan fingerprint density at radius 2 is 2.43 bits per heavy atom. The third-order valence-electron chi connectivity index (χ3n) is 2.22. The van der Waals surface area contributed by atoms with Crippen molar-refractivity contribution in [3.8, 4) is 0 Å². The summed E-state index contributed by atoms with van der Waals surface area (Å²) in [5.41, 5.74) is 0. The number of nitrogens with zero attached hydrogens (tertiary/aromatic N) is 2. The average Bonchev–Trinajstić information content (AvgIpc) is 2.54. The minimum Gasteiger partial charge on any atom is -0.395 e. The van der Waals surface area contributed by atoms with Gasteiger partial charge < -0.3 is 15.0 Å². The lowest BCUT2D eigenvalue weighted by Gasteiger charge is -2.21. The Morgan fingerprint density at radius 1 is 1.71 bits per heavy atom. The molecular weight excluding hydrogens is 198 g/mol. The highest BCUT2D eigenvalue weighted by molar-refractivity contribution is 7.99. The number of aliphatic hydroxyl groups excluding tert-OH is 1. The quantitative estimate of drug-likeness (QED) is 0.767. The van der Waals surface area contributed by atoms with Gasteiger partial charge in [0.15, 0.2) is 0 Å². The molecule has 1 heterocycles. The Labute approximate surface area is 88.7 Å². The summed E-state index contributed by atoms with van der Waals surface area (Å²) in [7, 11) is 1.94. The van der Waals surface area contributed by atoms with Crippen molar-refractivity contribution in [3.05, 3.63) is 12.4 Å². The van der Waals surface area contributed by atoms with Crippen molar-refractivity contribution < 1.29 is 5.11 Å². The summed E-state index contributed by atoms with van der Waals surface area (Å²) in [4.78, 5) is 4.17. The largest absolute Gasteiger partial charge is 0.395 e. The summed E-state index contributed by atoms with van der Waals surface area (Å²) in [6.45, 7) is 2.23. The van der Waals surface area contributed by atoms with Crippen LogP contribution in [0.25, 0.3) is 0 Å². The Balaban J connectivity index is 2.56. The number of hydrogen-bond acceptors (Lipinski definition) is 4. The molecule has 0 bridgehead atoms. The van der Waals surface area contributed by atoms with Gasteiger partial charge in [0.1, 0.15) is 0 Å². The van der Waals surface area contributed by atoms with E-state index in [0.717, 1.165) is 5.95 Å². The molecule has 5 heteroatoms. The van der Waals surface area contributed by atoms with E-state index in [2.05, 4.69) is 10.3 Å². The van der Waals surface area contributed by atoms with Crippen LogP contribution >= 0.6 is 11.8 Å². The van der Waals surface area contributed by atoms with Crippen LogP contribution in [0.5, 0.6) is 0 Å². The van der Waals surface area contributed by atoms with Crippen molar-refractivity contribution in [3.63, 3.8) is 0 Å². The Bertz CT molecular complexity index is 273. The Hall–Kier alpha value is -0.680. The fourth-order valence-electron chi connectivity index (χ4n) is 1.24. The van der Waals surface area contributed by atoms with Crippen LogP contribution in [0.1, 0.15) is 6.92 Å². The third kappa shape index (κ3) is 2.65. The van der Waals surface area contributed by atoms with Crippen LogP contribution in [-0.4, -0.2) is 38.8 Å². The van der Waals surface area contributed by atoms with Crippen LogP contribution in [0, 0.1) is 0 Å². The van der Waals surface area contributed by atoms with Gasteiger partial charge in [-0.05, 0) is 13.2 Å². The number of rotatable bonds is 5. The van der Waals surface area contributed by atoms with Crippen molar-refractivity contribution in [2.75, 3.05) is 18.2 Å². The molecule has 14 heavy (non-hydrogen) atoms. The molecule has 2 atom stereocenters. The van der Waals surface area contributed by atoms with E-state index in [1.807, 2.05) is 31.0 Å². The molecular formula is C9H17N3OS. The molecule has 0 saturated carbocycles. The third-order valence-corrected chi connectivity index (χ3v) is 3.38. The molecule has 0 aliphatic carbocycles. The van der Waals surface area contributed by atoms with Gasteiger partial charge in [0, 0.05) is 30.7 Å². The van der Waals surface area contributed by atoms with Gasteiger partial charge in [0.05, 0.1) is 6.61 Å². The van der Waals surface area contributed by atoms with Crippen LogP contribution in [0.15, 0.2) is 12.4 Å². The smallest absolute Gasteiger partial charge is 0.202 e. The maximum atomic E-state index is 9.11. The summed E-state index contributed by atoms with van der Waals surface area (Å²) < 4.78 is 1.92. The number of imidazole rings is 1. The minimum atomic E-state index is 0.180. The second kappa shape index (κ2) is 5.26. The van der Waals surface area contributed by atoms with Crippen LogP contribution < -0.4 is 5.32 Å². The summed E-state index contributed by atoms with van der Waals surface area (Å²) in [5.74, 6) is 0.838. The van der Waals surface area contributed by atoms with Gasteiger partial charge in [-0.3, -0.25) is 0 Å². The van der Waals surface area contributed by atoms with Gasteiger partial charge in [-0.15, -0.1) is 0 Å². The molecule has 0 saturated heterocycles. The molecule has 0 fully saturated rings. The van der Waals surface area contributed by atoms with Crippen molar-refractivity contribution in [1.82, 2.24) is 9.55 Å². The molecule has 1 aromatic heterocycles. The van der Waals surface area contributed by atoms with Gasteiger partial charge in [-0.1, -0.05) is 0 Å². The highest BCUT2D eigenvalue weighted by Crippen LogP contribution is 2.14. The first-order valence-electron chi connectivity index (χ1n) is 4.56. The van der Waals surface area contributed by atoms with Crippen molar-refractivity contribution in [2.24, 2.45) is 7.05 Å². The fourth-order valence-corrected chi connectivity index (χ4v) is 1.86. The number of hydrogen-bond donors (Lipinski definition) is 2.